The number of rotatable bonds is 11. The molecular formula is C21H21N3O5S2. The van der Waals surface area contributed by atoms with Crippen molar-refractivity contribution in [2.24, 2.45) is 0 Å². The summed E-state index contributed by atoms with van der Waals surface area (Å²) in [5, 5.41) is 22.1. The Morgan fingerprint density at radius 1 is 1.16 bits per heavy atom. The van der Waals surface area contributed by atoms with Crippen LogP contribution in [0, 0.1) is 0 Å². The van der Waals surface area contributed by atoms with Crippen molar-refractivity contribution in [2.75, 3.05) is 11.1 Å². The minimum atomic E-state index is -1.08. The van der Waals surface area contributed by atoms with Gasteiger partial charge in [0, 0.05) is 28.7 Å². The third kappa shape index (κ3) is 6.97. The van der Waals surface area contributed by atoms with E-state index in [1.165, 1.54) is 29.2 Å². The highest BCUT2D eigenvalue weighted by Gasteiger charge is 2.19. The van der Waals surface area contributed by atoms with E-state index in [9.17, 15) is 19.5 Å². The first-order chi connectivity index (χ1) is 14.9. The van der Waals surface area contributed by atoms with Crippen LogP contribution in [0.4, 0.5) is 5.00 Å². The number of nitrogens with zero attached hydrogens (tertiary/aromatic N) is 1. The van der Waals surface area contributed by atoms with Crippen LogP contribution in [-0.4, -0.2) is 43.9 Å². The molecule has 10 heteroatoms. The van der Waals surface area contributed by atoms with Crippen molar-refractivity contribution in [2.45, 2.75) is 30.5 Å². The van der Waals surface area contributed by atoms with Crippen LogP contribution in [-0.2, 0) is 16.0 Å². The first kappa shape index (κ1) is 22.6. The lowest BCUT2D eigenvalue weighted by Crippen LogP contribution is -2.29. The number of H-pyrrole nitrogens is 1. The maximum atomic E-state index is 12.0. The Morgan fingerprint density at radius 2 is 1.94 bits per heavy atom. The molecule has 4 N–H and O–H groups in total. The molecule has 0 saturated carbocycles. The van der Waals surface area contributed by atoms with Gasteiger partial charge in [-0.25, -0.2) is 9.78 Å². The highest BCUT2D eigenvalue weighted by atomic mass is 32.2. The van der Waals surface area contributed by atoms with Gasteiger partial charge in [0.25, 0.3) is 5.56 Å². The van der Waals surface area contributed by atoms with E-state index < -0.39 is 18.0 Å². The summed E-state index contributed by atoms with van der Waals surface area (Å²) in [6.45, 7) is 0. The molecule has 1 aromatic carbocycles. The van der Waals surface area contributed by atoms with Gasteiger partial charge in [0.05, 0.1) is 10.7 Å². The number of carboxylic acids is 2. The highest BCUT2D eigenvalue weighted by molar-refractivity contribution is 7.99. The zero-order chi connectivity index (χ0) is 22.2. The van der Waals surface area contributed by atoms with Gasteiger partial charge in [-0.3, -0.25) is 9.59 Å². The number of nitrogens with one attached hydrogen (secondary N) is 2. The first-order valence-electron chi connectivity index (χ1n) is 9.50. The second-order valence-corrected chi connectivity index (χ2v) is 8.89. The van der Waals surface area contributed by atoms with Crippen LogP contribution in [0.3, 0.4) is 0 Å². The number of anilines is 1. The number of carbonyl (C=O) groups is 2. The molecular weight excluding hydrogens is 438 g/mol. The molecule has 0 unspecified atom stereocenters. The molecule has 3 aromatic rings. The first-order valence-corrected chi connectivity index (χ1v) is 11.3. The van der Waals surface area contributed by atoms with Crippen LogP contribution < -0.4 is 10.9 Å². The lowest BCUT2D eigenvalue weighted by atomic mass is 10.1. The molecule has 0 amide bonds. The van der Waals surface area contributed by atoms with Gasteiger partial charge in [-0.15, -0.1) is 11.3 Å². The maximum Gasteiger partial charge on any atom is 0.326 e. The Bertz CT molecular complexity index is 1100. The summed E-state index contributed by atoms with van der Waals surface area (Å²) in [5.74, 6) is -1.43. The summed E-state index contributed by atoms with van der Waals surface area (Å²) in [6, 6.07) is 13.7. The third-order valence-corrected chi connectivity index (χ3v) is 6.25. The summed E-state index contributed by atoms with van der Waals surface area (Å²) in [5.41, 5.74) is 1.29. The van der Waals surface area contributed by atoms with E-state index in [1.54, 1.807) is 6.07 Å². The Hall–Kier alpha value is -3.11. The molecule has 0 bridgehead atoms. The molecule has 2 heterocycles. The van der Waals surface area contributed by atoms with Gasteiger partial charge < -0.3 is 20.5 Å². The Kier molecular flexibility index (Phi) is 7.85. The van der Waals surface area contributed by atoms with E-state index in [0.717, 1.165) is 10.4 Å². The molecule has 162 valence electrons. The quantitative estimate of drug-likeness (QED) is 0.253. The highest BCUT2D eigenvalue weighted by Crippen LogP contribution is 2.26. The van der Waals surface area contributed by atoms with Crippen LogP contribution in [0.25, 0.3) is 11.3 Å². The molecule has 2 aromatic heterocycles. The summed E-state index contributed by atoms with van der Waals surface area (Å²) in [6.07, 6.45) is 0.500. The van der Waals surface area contributed by atoms with Gasteiger partial charge in [-0.1, -0.05) is 42.1 Å². The van der Waals surface area contributed by atoms with E-state index in [4.69, 9.17) is 5.11 Å². The van der Waals surface area contributed by atoms with Gasteiger partial charge in [-0.2, -0.15) is 0 Å². The van der Waals surface area contributed by atoms with Gasteiger partial charge >= 0.3 is 11.9 Å². The van der Waals surface area contributed by atoms with Crippen molar-refractivity contribution in [1.82, 2.24) is 9.97 Å². The number of aliphatic carboxylic acids is 2. The van der Waals surface area contributed by atoms with Crippen LogP contribution in [0.15, 0.2) is 58.5 Å². The monoisotopic (exact) mass is 459 g/mol. The average molecular weight is 460 g/mol. The molecule has 0 radical (unpaired) electrons. The minimum absolute atomic E-state index is 0.00450. The van der Waals surface area contributed by atoms with Crippen molar-refractivity contribution in [3.8, 4) is 11.3 Å². The number of aromatic nitrogens is 2. The van der Waals surface area contributed by atoms with Crippen LogP contribution in [0.1, 0.15) is 17.7 Å². The standard InChI is InChI=1S/C21H21N3O5S2/c25-17-12-16(13-4-2-1-3-5-13)23-21(24-17)30-11-10-14-6-8-18(31-14)22-15(20(28)29)7-9-19(26)27/h1-6,8,12,15,22H,7,9-11H2,(H,26,27)(H,28,29)(H,23,24,25)/t15-/m0/s1. The number of carboxylic acid groups (broad SMARTS) is 2. The topological polar surface area (TPSA) is 132 Å². The van der Waals surface area contributed by atoms with Gasteiger partial charge in [0.15, 0.2) is 5.16 Å². The van der Waals surface area contributed by atoms with Crippen LogP contribution in [0.5, 0.6) is 0 Å². The number of aryl methyl sites for hydroxylation is 1. The molecule has 0 aliphatic heterocycles. The molecule has 0 aliphatic carbocycles. The van der Waals surface area contributed by atoms with Crippen molar-refractivity contribution in [3.63, 3.8) is 0 Å². The smallest absolute Gasteiger partial charge is 0.326 e. The van der Waals surface area contributed by atoms with Crippen LogP contribution in [0.2, 0.25) is 0 Å². The maximum absolute atomic E-state index is 12.0. The van der Waals surface area contributed by atoms with Gasteiger partial charge in [0.1, 0.15) is 6.04 Å². The predicted octanol–water partition coefficient (Wildman–Crippen LogP) is 3.56. The van der Waals surface area contributed by atoms with E-state index in [2.05, 4.69) is 15.3 Å². The fourth-order valence-corrected chi connectivity index (χ4v) is 4.74. The number of benzene rings is 1. The fourth-order valence-electron chi connectivity index (χ4n) is 2.80. The number of aromatic amines is 1. The zero-order valence-electron chi connectivity index (χ0n) is 16.4. The van der Waals surface area contributed by atoms with Gasteiger partial charge in [-0.05, 0) is 25.0 Å². The summed E-state index contributed by atoms with van der Waals surface area (Å²) < 4.78 is 0. The molecule has 0 spiro atoms. The molecule has 3 rings (SSSR count). The Labute approximate surface area is 186 Å². The number of hydrogen-bond acceptors (Lipinski definition) is 7. The number of thiophene rings is 1. The molecule has 0 fully saturated rings. The van der Waals surface area contributed by atoms with Crippen LogP contribution >= 0.6 is 23.1 Å². The van der Waals surface area contributed by atoms with Crippen molar-refractivity contribution < 1.29 is 19.8 Å². The van der Waals surface area contributed by atoms with Crippen molar-refractivity contribution in [1.29, 1.82) is 0 Å². The lowest BCUT2D eigenvalue weighted by molar-refractivity contribution is -0.139. The summed E-state index contributed by atoms with van der Waals surface area (Å²) >= 11 is 2.86. The van der Waals surface area contributed by atoms with E-state index in [-0.39, 0.29) is 18.4 Å². The lowest BCUT2D eigenvalue weighted by Gasteiger charge is -2.12. The molecule has 31 heavy (non-hydrogen) atoms. The SMILES string of the molecule is O=C(O)CC[C@H](Nc1ccc(CCSc2nc(-c3ccccc3)cc(=O)[nH]2)s1)C(=O)O. The zero-order valence-corrected chi connectivity index (χ0v) is 18.0. The van der Waals surface area contributed by atoms with Crippen molar-refractivity contribution >= 4 is 40.0 Å². The number of thioether (sulfide) groups is 1. The molecule has 8 nitrogen and oxygen atoms in total. The fraction of sp³-hybridized carbons (Fsp3) is 0.238. The third-order valence-electron chi connectivity index (χ3n) is 4.30. The van der Waals surface area contributed by atoms with Gasteiger partial charge in [0.2, 0.25) is 0 Å². The predicted molar refractivity (Wildman–Crippen MR) is 121 cm³/mol. The van der Waals surface area contributed by atoms with Crippen molar-refractivity contribution in [3.05, 3.63) is 63.8 Å². The largest absolute Gasteiger partial charge is 0.481 e. The molecule has 1 atom stereocenters. The average Bonchev–Trinajstić information content (AvgIpc) is 3.18. The summed E-state index contributed by atoms with van der Waals surface area (Å²) in [7, 11) is 0. The number of hydrogen-bond donors (Lipinski definition) is 4. The molecule has 0 aliphatic rings. The minimum Gasteiger partial charge on any atom is -0.481 e. The van der Waals surface area contributed by atoms with E-state index >= 15 is 0 Å². The second kappa shape index (κ2) is 10.8. The normalized spacial score (nSPS) is 11.7. The summed E-state index contributed by atoms with van der Waals surface area (Å²) in [4.78, 5) is 42.3. The molecule has 0 saturated heterocycles. The second-order valence-electron chi connectivity index (χ2n) is 6.63. The van der Waals surface area contributed by atoms with E-state index in [0.29, 0.717) is 28.0 Å². The Balaban J connectivity index is 1.56. The Morgan fingerprint density at radius 3 is 2.65 bits per heavy atom. The van der Waals surface area contributed by atoms with E-state index in [1.807, 2.05) is 36.4 Å².